The van der Waals surface area contributed by atoms with Crippen LogP contribution in [-0.4, -0.2) is 57.8 Å². The van der Waals surface area contributed by atoms with Crippen molar-refractivity contribution in [1.82, 2.24) is 0 Å². The van der Waals surface area contributed by atoms with Gasteiger partial charge in [-0.25, -0.2) is 0 Å². The molecule has 0 heterocycles. The zero-order valence-corrected chi connectivity index (χ0v) is 15.7. The monoisotopic (exact) mass is 430 g/mol. The van der Waals surface area contributed by atoms with Gasteiger partial charge in [0.05, 0.1) is 0 Å². The molecule has 3 unspecified atom stereocenters. The number of carbonyl (C=O) groups is 2. The summed E-state index contributed by atoms with van der Waals surface area (Å²) < 4.78 is 34.8. The van der Waals surface area contributed by atoms with E-state index < -0.39 is 60.7 Å². The Bertz CT molecular complexity index is 824. The van der Waals surface area contributed by atoms with E-state index in [1.807, 2.05) is 0 Å². The third kappa shape index (κ3) is 4.47. The molecule has 0 aliphatic carbocycles. The molecule has 3 atom stereocenters. The van der Waals surface area contributed by atoms with Crippen molar-refractivity contribution >= 4 is 37.9 Å². The van der Waals surface area contributed by atoms with Gasteiger partial charge in [-0.3, -0.25) is 22.9 Å². The van der Waals surface area contributed by atoms with Crippen LogP contribution in [0.25, 0.3) is 0 Å². The van der Waals surface area contributed by atoms with Crippen LogP contribution < -0.4 is 0 Å². The van der Waals surface area contributed by atoms with Gasteiger partial charge in [0.2, 0.25) is 0 Å². The van der Waals surface area contributed by atoms with Crippen LogP contribution in [0.15, 0.2) is 29.2 Å². The average molecular weight is 430 g/mol. The maximum atomic E-state index is 12.0. The first-order valence-corrected chi connectivity index (χ1v) is 11.5. The van der Waals surface area contributed by atoms with E-state index in [2.05, 4.69) is 0 Å². The van der Waals surface area contributed by atoms with Crippen LogP contribution in [0.1, 0.15) is 12.0 Å². The molecule has 0 aliphatic rings. The number of hydrogen-bond donors (Lipinski definition) is 6. The first kappa shape index (κ1) is 22.7. The predicted octanol–water partition coefficient (Wildman–Crippen LogP) is -0.0974. The molecule has 1 rings (SSSR count). The number of hydrogen-bond acceptors (Lipinski definition) is 5. The van der Waals surface area contributed by atoms with E-state index >= 15 is 0 Å². The van der Waals surface area contributed by atoms with Crippen LogP contribution in [0, 0.1) is 0 Å². The Balaban J connectivity index is 3.71. The van der Waals surface area contributed by atoms with E-state index in [1.54, 1.807) is 0 Å². The molecular formula is C12H16O11P2S. The highest BCUT2D eigenvalue weighted by molar-refractivity contribution is 7.84. The SMILES string of the molecule is CS(=O)c1ccc(C(CC(C(=O)O)P(=O)(O)O)(C(=O)O)P(=O)(O)O)cc1. The molecule has 0 fully saturated rings. The molecule has 0 bridgehead atoms. The van der Waals surface area contributed by atoms with Gasteiger partial charge in [-0.2, -0.15) is 0 Å². The third-order valence-electron chi connectivity index (χ3n) is 3.69. The van der Waals surface area contributed by atoms with Crippen molar-refractivity contribution in [3.8, 4) is 0 Å². The number of aliphatic carboxylic acids is 2. The van der Waals surface area contributed by atoms with Crippen molar-refractivity contribution in [1.29, 1.82) is 0 Å². The van der Waals surface area contributed by atoms with Crippen molar-refractivity contribution in [3.05, 3.63) is 29.8 Å². The van der Waals surface area contributed by atoms with Crippen molar-refractivity contribution in [2.24, 2.45) is 0 Å². The Labute approximate surface area is 149 Å². The van der Waals surface area contributed by atoms with Gasteiger partial charge >= 0.3 is 27.1 Å². The van der Waals surface area contributed by atoms with E-state index in [0.717, 1.165) is 24.3 Å². The molecule has 0 amide bonds. The highest BCUT2D eigenvalue weighted by atomic mass is 32.2. The molecule has 0 spiro atoms. The molecule has 0 radical (unpaired) electrons. The largest absolute Gasteiger partial charge is 0.481 e. The van der Waals surface area contributed by atoms with Crippen LogP contribution in [0.3, 0.4) is 0 Å². The highest BCUT2D eigenvalue weighted by Crippen LogP contribution is 2.62. The average Bonchev–Trinajstić information content (AvgIpc) is 2.44. The molecule has 0 aromatic heterocycles. The summed E-state index contributed by atoms with van der Waals surface area (Å²) in [6.07, 6.45) is -0.253. The molecule has 11 nitrogen and oxygen atoms in total. The molecule has 14 heteroatoms. The summed E-state index contributed by atoms with van der Waals surface area (Å²) in [6.45, 7) is 0. The number of carboxylic acid groups (broad SMARTS) is 2. The second kappa shape index (κ2) is 7.69. The summed E-state index contributed by atoms with van der Waals surface area (Å²) in [7, 11) is -12.6. The van der Waals surface area contributed by atoms with Gasteiger partial charge < -0.3 is 29.8 Å². The second-order valence-electron chi connectivity index (χ2n) is 5.34. The molecule has 0 saturated heterocycles. The molecule has 1 aromatic carbocycles. The molecule has 6 N–H and O–H groups in total. The van der Waals surface area contributed by atoms with Gasteiger partial charge in [0.25, 0.3) is 0 Å². The van der Waals surface area contributed by atoms with E-state index in [9.17, 15) is 37.8 Å². The van der Waals surface area contributed by atoms with Gasteiger partial charge in [0.1, 0.15) is 0 Å². The summed E-state index contributed by atoms with van der Waals surface area (Å²) in [5.41, 5.74) is -3.24. The predicted molar refractivity (Wildman–Crippen MR) is 88.2 cm³/mol. The lowest BCUT2D eigenvalue weighted by molar-refractivity contribution is -0.142. The van der Waals surface area contributed by atoms with E-state index in [0.29, 0.717) is 0 Å². The number of carboxylic acids is 2. The van der Waals surface area contributed by atoms with Crippen LogP contribution in [-0.2, 0) is 34.7 Å². The second-order valence-corrected chi connectivity index (χ2v) is 10.4. The van der Waals surface area contributed by atoms with Gasteiger partial charge in [-0.05, 0) is 17.7 Å². The summed E-state index contributed by atoms with van der Waals surface area (Å²) >= 11 is 0. The van der Waals surface area contributed by atoms with Crippen LogP contribution in [0.4, 0.5) is 0 Å². The lowest BCUT2D eigenvalue weighted by Crippen LogP contribution is -2.41. The maximum absolute atomic E-state index is 12.0. The zero-order valence-electron chi connectivity index (χ0n) is 13.1. The number of benzene rings is 1. The quantitative estimate of drug-likeness (QED) is 0.300. The summed E-state index contributed by atoms with van der Waals surface area (Å²) in [5, 5.41) is 15.3. The van der Waals surface area contributed by atoms with Gasteiger partial charge in [-0.15, -0.1) is 0 Å². The Morgan fingerprint density at radius 1 is 1.08 bits per heavy atom. The van der Waals surface area contributed by atoms with Crippen molar-refractivity contribution in [2.45, 2.75) is 22.1 Å². The topological polar surface area (TPSA) is 207 Å². The minimum Gasteiger partial charge on any atom is -0.481 e. The molecule has 0 saturated carbocycles. The van der Waals surface area contributed by atoms with Crippen molar-refractivity contribution in [2.75, 3.05) is 6.26 Å². The lowest BCUT2D eigenvalue weighted by atomic mass is 9.93. The smallest absolute Gasteiger partial charge is 0.347 e. The summed E-state index contributed by atoms with van der Waals surface area (Å²) in [5.74, 6) is -4.26. The first-order valence-electron chi connectivity index (χ1n) is 6.65. The van der Waals surface area contributed by atoms with Crippen molar-refractivity contribution in [3.63, 3.8) is 0 Å². The molecular weight excluding hydrogens is 414 g/mol. The van der Waals surface area contributed by atoms with E-state index in [4.69, 9.17) is 14.9 Å². The van der Waals surface area contributed by atoms with Gasteiger partial charge in [0, 0.05) is 28.4 Å². The molecule has 26 heavy (non-hydrogen) atoms. The summed E-state index contributed by atoms with van der Waals surface area (Å²) in [6, 6.07) is 4.07. The maximum Gasteiger partial charge on any atom is 0.347 e. The van der Waals surface area contributed by atoms with E-state index in [-0.39, 0.29) is 4.90 Å². The van der Waals surface area contributed by atoms with Gasteiger partial charge in [0.15, 0.2) is 10.8 Å². The fourth-order valence-electron chi connectivity index (χ4n) is 2.29. The summed E-state index contributed by atoms with van der Waals surface area (Å²) in [4.78, 5) is 60.8. The van der Waals surface area contributed by atoms with E-state index in [1.165, 1.54) is 6.26 Å². The van der Waals surface area contributed by atoms with Crippen LogP contribution in [0.5, 0.6) is 0 Å². The lowest BCUT2D eigenvalue weighted by Gasteiger charge is -2.32. The fraction of sp³-hybridized carbons (Fsp3) is 0.333. The molecule has 1 aromatic rings. The minimum atomic E-state index is -5.67. The molecule has 146 valence electrons. The van der Waals surface area contributed by atoms with Crippen LogP contribution >= 0.6 is 15.2 Å². The Morgan fingerprint density at radius 2 is 1.54 bits per heavy atom. The Hall–Kier alpha value is -1.39. The zero-order chi connectivity index (χ0) is 20.5. The first-order chi connectivity index (χ1) is 11.6. The van der Waals surface area contributed by atoms with Crippen molar-refractivity contribution < 1.29 is 52.7 Å². The third-order valence-corrected chi connectivity index (χ3v) is 7.47. The standard InChI is InChI=1S/C12H16O11P2S/c1-26(23)8-4-2-7(3-5-8)12(11(15)16,25(20,21)22)6-9(10(13)14)24(17,18)19/h2-5,9H,6H2,1H3,(H,13,14)(H,15,16)(H2,17,18,19)(H2,20,21,22). The Kier molecular flexibility index (Phi) is 6.70. The fourth-order valence-corrected chi connectivity index (χ4v) is 4.91. The normalized spacial score (nSPS) is 17.1. The Morgan fingerprint density at radius 3 is 1.81 bits per heavy atom. The number of rotatable bonds is 8. The molecule has 0 aliphatic heterocycles. The van der Waals surface area contributed by atoms with Crippen LogP contribution in [0.2, 0.25) is 0 Å². The van der Waals surface area contributed by atoms with Gasteiger partial charge in [-0.1, -0.05) is 12.1 Å². The highest BCUT2D eigenvalue weighted by Gasteiger charge is 2.59. The minimum absolute atomic E-state index is 0.198.